The van der Waals surface area contributed by atoms with E-state index in [0.717, 1.165) is 22.7 Å². The molecule has 0 aliphatic carbocycles. The maximum Gasteiger partial charge on any atom is 0.349 e. The van der Waals surface area contributed by atoms with Gasteiger partial charge in [0.25, 0.3) is 5.91 Å². The predicted molar refractivity (Wildman–Crippen MR) is 103 cm³/mol. The van der Waals surface area contributed by atoms with Crippen LogP contribution in [0.3, 0.4) is 0 Å². The van der Waals surface area contributed by atoms with Crippen LogP contribution < -0.4 is 16.3 Å². The van der Waals surface area contributed by atoms with Gasteiger partial charge in [0.15, 0.2) is 0 Å². The van der Waals surface area contributed by atoms with Gasteiger partial charge in [-0.25, -0.2) is 4.79 Å². The van der Waals surface area contributed by atoms with Crippen LogP contribution in [0, 0.1) is 6.92 Å². The first kappa shape index (κ1) is 18.4. The summed E-state index contributed by atoms with van der Waals surface area (Å²) in [5.41, 5.74) is 0.706. The van der Waals surface area contributed by atoms with Crippen molar-refractivity contribution in [2.24, 2.45) is 0 Å². The molecule has 2 bridgehead atoms. The number of carbonyl (C=O) groups is 1. The molecule has 1 aromatic carbocycles. The number of piperidine rings is 1. The molecule has 25 heavy (non-hydrogen) atoms. The molecule has 2 N–H and O–H groups in total. The second-order valence-electron chi connectivity index (χ2n) is 6.81. The fourth-order valence-electron chi connectivity index (χ4n) is 4.02. The first-order chi connectivity index (χ1) is 11.5. The Labute approximate surface area is 160 Å². The average molecular weight is 428 g/mol. The van der Waals surface area contributed by atoms with Gasteiger partial charge in [-0.05, 0) is 56.4 Å². The van der Waals surface area contributed by atoms with Crippen LogP contribution in [0.5, 0.6) is 0 Å². The molecule has 134 valence electrons. The van der Waals surface area contributed by atoms with Gasteiger partial charge in [-0.3, -0.25) is 4.79 Å². The maximum atomic E-state index is 12.7. The Kier molecular flexibility index (Phi) is 5.23. The number of benzene rings is 1. The van der Waals surface area contributed by atoms with Crippen molar-refractivity contribution in [3.05, 3.63) is 44.2 Å². The van der Waals surface area contributed by atoms with Crippen molar-refractivity contribution in [2.75, 3.05) is 0 Å². The summed E-state index contributed by atoms with van der Waals surface area (Å²) in [5, 5.41) is 7.37. The van der Waals surface area contributed by atoms with Gasteiger partial charge in [0.05, 0.1) is 0 Å². The third kappa shape index (κ3) is 3.48. The van der Waals surface area contributed by atoms with Crippen LogP contribution in [0.1, 0.15) is 41.6 Å². The van der Waals surface area contributed by atoms with Gasteiger partial charge < -0.3 is 15.1 Å². The van der Waals surface area contributed by atoms with E-state index in [1.165, 1.54) is 12.8 Å². The number of rotatable bonds is 2. The van der Waals surface area contributed by atoms with Crippen LogP contribution in [0.2, 0.25) is 0 Å². The Balaban J connectivity index is 0.00000182. The molecule has 4 rings (SSSR count). The van der Waals surface area contributed by atoms with Crippen LogP contribution in [0.25, 0.3) is 11.0 Å². The summed E-state index contributed by atoms with van der Waals surface area (Å²) in [4.78, 5) is 25.0. The van der Waals surface area contributed by atoms with Crippen molar-refractivity contribution in [1.82, 2.24) is 10.6 Å². The first-order valence-corrected chi connectivity index (χ1v) is 9.10. The molecular weight excluding hydrogens is 408 g/mol. The van der Waals surface area contributed by atoms with Crippen LogP contribution in [0.15, 0.2) is 31.9 Å². The van der Waals surface area contributed by atoms with Crippen LogP contribution in [-0.4, -0.2) is 24.0 Å². The molecule has 3 heterocycles. The van der Waals surface area contributed by atoms with Crippen molar-refractivity contribution in [3.63, 3.8) is 0 Å². The van der Waals surface area contributed by atoms with Crippen LogP contribution >= 0.6 is 28.3 Å². The lowest BCUT2D eigenvalue weighted by Gasteiger charge is -2.29. The number of halogens is 2. The number of hydrogen-bond acceptors (Lipinski definition) is 4. The Morgan fingerprint density at radius 2 is 1.96 bits per heavy atom. The molecule has 5 nitrogen and oxygen atoms in total. The molecule has 2 saturated heterocycles. The summed E-state index contributed by atoms with van der Waals surface area (Å²) in [7, 11) is 0. The van der Waals surface area contributed by atoms with E-state index in [1.54, 1.807) is 13.0 Å². The van der Waals surface area contributed by atoms with E-state index in [2.05, 4.69) is 26.6 Å². The van der Waals surface area contributed by atoms with E-state index < -0.39 is 5.63 Å². The lowest BCUT2D eigenvalue weighted by atomic mass is 9.99. The molecule has 7 heteroatoms. The smallest absolute Gasteiger partial charge is 0.349 e. The van der Waals surface area contributed by atoms with Crippen molar-refractivity contribution in [3.8, 4) is 0 Å². The van der Waals surface area contributed by atoms with E-state index >= 15 is 0 Å². The molecule has 0 radical (unpaired) electrons. The Bertz CT molecular complexity index is 870. The molecule has 1 aromatic heterocycles. The number of hydrogen-bond donors (Lipinski definition) is 2. The fraction of sp³-hybridized carbons (Fsp3) is 0.444. The third-order valence-corrected chi connectivity index (χ3v) is 5.66. The largest absolute Gasteiger partial charge is 0.422 e. The zero-order valence-electron chi connectivity index (χ0n) is 13.8. The highest BCUT2D eigenvalue weighted by Gasteiger charge is 2.34. The molecule has 2 aliphatic heterocycles. The van der Waals surface area contributed by atoms with Gasteiger partial charge in [0.2, 0.25) is 0 Å². The molecular formula is C18H20BrClN2O3. The fourth-order valence-corrected chi connectivity index (χ4v) is 4.38. The van der Waals surface area contributed by atoms with E-state index in [-0.39, 0.29) is 29.9 Å². The molecule has 2 unspecified atom stereocenters. The maximum absolute atomic E-state index is 12.7. The van der Waals surface area contributed by atoms with E-state index in [4.69, 9.17) is 4.42 Å². The molecule has 0 spiro atoms. The summed E-state index contributed by atoms with van der Waals surface area (Å²) in [6.07, 6.45) is 4.18. The molecule has 2 atom stereocenters. The third-order valence-electron chi connectivity index (χ3n) is 5.16. The van der Waals surface area contributed by atoms with Crippen molar-refractivity contribution in [1.29, 1.82) is 0 Å². The average Bonchev–Trinajstić information content (AvgIpc) is 2.87. The highest BCUT2D eigenvalue weighted by Crippen LogP contribution is 2.27. The SMILES string of the molecule is Cc1c(C(=O)NC2CC3CCC(C2)N3)c(=O)oc2ccc(Br)cc12.Cl. The number of amides is 1. The van der Waals surface area contributed by atoms with Gasteiger partial charge >= 0.3 is 5.63 Å². The summed E-state index contributed by atoms with van der Waals surface area (Å²) >= 11 is 3.42. The number of aryl methyl sites for hydroxylation is 1. The zero-order valence-corrected chi connectivity index (χ0v) is 16.2. The van der Waals surface area contributed by atoms with Crippen LogP contribution in [0.4, 0.5) is 0 Å². The Morgan fingerprint density at radius 1 is 1.28 bits per heavy atom. The normalized spacial score (nSPS) is 24.8. The lowest BCUT2D eigenvalue weighted by Crippen LogP contribution is -2.48. The quantitative estimate of drug-likeness (QED) is 0.722. The summed E-state index contributed by atoms with van der Waals surface area (Å²) in [6.45, 7) is 1.80. The molecule has 0 saturated carbocycles. The Hall–Kier alpha value is -1.37. The van der Waals surface area contributed by atoms with E-state index in [9.17, 15) is 9.59 Å². The molecule has 1 amide bonds. The Morgan fingerprint density at radius 3 is 2.64 bits per heavy atom. The van der Waals surface area contributed by atoms with E-state index in [1.807, 2.05) is 12.1 Å². The van der Waals surface area contributed by atoms with Gasteiger partial charge in [-0.2, -0.15) is 0 Å². The number of carbonyl (C=O) groups excluding carboxylic acids is 1. The summed E-state index contributed by atoms with van der Waals surface area (Å²) < 4.78 is 6.23. The van der Waals surface area contributed by atoms with Crippen LogP contribution in [-0.2, 0) is 0 Å². The van der Waals surface area contributed by atoms with Gasteiger partial charge in [0, 0.05) is 28.0 Å². The van der Waals surface area contributed by atoms with Gasteiger partial charge in [0.1, 0.15) is 11.1 Å². The molecule has 2 aliphatic rings. The minimum Gasteiger partial charge on any atom is -0.422 e. The molecule has 2 aromatic rings. The van der Waals surface area contributed by atoms with Gasteiger partial charge in [-0.1, -0.05) is 15.9 Å². The standard InChI is InChI=1S/C18H19BrN2O3.ClH/c1-9-14-6-10(19)2-5-15(14)24-18(23)16(9)17(22)21-13-7-11-3-4-12(8-13)20-11;/h2,5-6,11-13,20H,3-4,7-8H2,1H3,(H,21,22);1H. The highest BCUT2D eigenvalue weighted by molar-refractivity contribution is 9.10. The minimum absolute atomic E-state index is 0. The zero-order chi connectivity index (χ0) is 16.8. The highest BCUT2D eigenvalue weighted by atomic mass is 79.9. The number of fused-ring (bicyclic) bond motifs is 3. The summed E-state index contributed by atoms with van der Waals surface area (Å²) in [5.74, 6) is -0.325. The monoisotopic (exact) mass is 426 g/mol. The predicted octanol–water partition coefficient (Wildman–Crippen LogP) is 3.30. The molecule has 2 fully saturated rings. The lowest BCUT2D eigenvalue weighted by molar-refractivity contribution is 0.0920. The van der Waals surface area contributed by atoms with Crippen molar-refractivity contribution >= 4 is 45.2 Å². The topological polar surface area (TPSA) is 71.3 Å². The summed E-state index contributed by atoms with van der Waals surface area (Å²) in [6, 6.07) is 6.51. The van der Waals surface area contributed by atoms with Crippen molar-refractivity contribution in [2.45, 2.75) is 50.7 Å². The second-order valence-corrected chi connectivity index (χ2v) is 7.73. The van der Waals surface area contributed by atoms with Crippen molar-refractivity contribution < 1.29 is 9.21 Å². The van der Waals surface area contributed by atoms with Gasteiger partial charge in [-0.15, -0.1) is 12.4 Å². The number of nitrogens with one attached hydrogen (secondary N) is 2. The van der Waals surface area contributed by atoms with E-state index in [0.29, 0.717) is 23.2 Å². The first-order valence-electron chi connectivity index (χ1n) is 8.31. The minimum atomic E-state index is -0.572. The second kappa shape index (κ2) is 7.09.